The van der Waals surface area contributed by atoms with Gasteiger partial charge in [-0.2, -0.15) is 0 Å². The Morgan fingerprint density at radius 2 is 1.63 bits per heavy atom. The lowest BCUT2D eigenvalue weighted by atomic mass is 9.75. The van der Waals surface area contributed by atoms with Gasteiger partial charge in [0, 0.05) is 44.8 Å². The van der Waals surface area contributed by atoms with E-state index in [1.54, 1.807) is 14.2 Å². The van der Waals surface area contributed by atoms with E-state index in [-0.39, 0.29) is 18.6 Å². The first kappa shape index (κ1) is 25.7. The van der Waals surface area contributed by atoms with Gasteiger partial charge in [-0.05, 0) is 59.0 Å². The molecule has 2 amide bonds. The summed E-state index contributed by atoms with van der Waals surface area (Å²) in [6.07, 6.45) is 0.694. The highest BCUT2D eigenvalue weighted by atomic mass is 16.7. The lowest BCUT2D eigenvalue weighted by Gasteiger charge is -2.47. The van der Waals surface area contributed by atoms with Gasteiger partial charge in [0.05, 0.1) is 26.2 Å². The molecule has 1 fully saturated rings. The highest BCUT2D eigenvalue weighted by Gasteiger charge is 2.48. The van der Waals surface area contributed by atoms with E-state index in [1.807, 2.05) is 58.3 Å². The first-order chi connectivity index (χ1) is 20.1. The zero-order valence-electron chi connectivity index (χ0n) is 23.3. The largest absolute Gasteiger partial charge is 0.493 e. The predicted molar refractivity (Wildman–Crippen MR) is 151 cm³/mol. The van der Waals surface area contributed by atoms with Crippen molar-refractivity contribution in [2.45, 2.75) is 24.9 Å². The van der Waals surface area contributed by atoms with Gasteiger partial charge in [-0.3, -0.25) is 14.5 Å². The third-order valence-corrected chi connectivity index (χ3v) is 8.82. The van der Waals surface area contributed by atoms with Crippen LogP contribution in [0.4, 0.5) is 0 Å². The number of carbonyl (C=O) groups is 2. The summed E-state index contributed by atoms with van der Waals surface area (Å²) in [5.74, 6) is 2.36. The fourth-order valence-corrected chi connectivity index (χ4v) is 6.74. The molecule has 4 heterocycles. The van der Waals surface area contributed by atoms with Crippen molar-refractivity contribution in [1.82, 2.24) is 14.7 Å². The summed E-state index contributed by atoms with van der Waals surface area (Å²) in [4.78, 5) is 34.3. The van der Waals surface area contributed by atoms with Gasteiger partial charge in [0.25, 0.3) is 5.91 Å². The standard InChI is InChI=1S/C32H33N3O6/c1-38-26-16-21-9-10-35-30(24(21)17-27(26)39-2)29(22-5-3-4-6-23(22)31(35)36)32(37)34-13-11-33(12-14-34)18-20-7-8-25-28(15-20)41-19-40-25/h3-8,15-17,29-30H,9-14,18-19H2,1-2H3/t29-,30-/m1/s1. The van der Waals surface area contributed by atoms with Crippen LogP contribution in [0.25, 0.3) is 0 Å². The Bertz CT molecular complexity index is 1520. The van der Waals surface area contributed by atoms with Crippen molar-refractivity contribution in [3.8, 4) is 23.0 Å². The molecule has 212 valence electrons. The molecule has 9 nitrogen and oxygen atoms in total. The number of hydrogen-bond acceptors (Lipinski definition) is 7. The van der Waals surface area contributed by atoms with Crippen LogP contribution in [-0.4, -0.2) is 80.3 Å². The zero-order valence-corrected chi connectivity index (χ0v) is 23.3. The van der Waals surface area contributed by atoms with Gasteiger partial charge in [-0.1, -0.05) is 24.3 Å². The SMILES string of the molecule is COc1cc2c(cc1OC)[C@@H]1[C@H](C(=O)N3CCN(Cc4ccc5c(c4)OCO5)CC3)c3ccccc3C(=O)N1CC2. The lowest BCUT2D eigenvalue weighted by Crippen LogP contribution is -2.54. The summed E-state index contributed by atoms with van der Waals surface area (Å²) >= 11 is 0. The van der Waals surface area contributed by atoms with Crippen molar-refractivity contribution in [3.63, 3.8) is 0 Å². The number of nitrogens with zero attached hydrogens (tertiary/aromatic N) is 3. The molecule has 0 saturated carbocycles. The van der Waals surface area contributed by atoms with Crippen molar-refractivity contribution in [2.75, 3.05) is 53.7 Å². The smallest absolute Gasteiger partial charge is 0.254 e. The number of methoxy groups -OCH3 is 2. The van der Waals surface area contributed by atoms with Gasteiger partial charge in [0.1, 0.15) is 0 Å². The summed E-state index contributed by atoms with van der Waals surface area (Å²) in [6.45, 7) is 4.38. The van der Waals surface area contributed by atoms with Crippen LogP contribution in [0.1, 0.15) is 44.6 Å². The second-order valence-electron chi connectivity index (χ2n) is 11.0. The van der Waals surface area contributed by atoms with Crippen molar-refractivity contribution in [1.29, 1.82) is 0 Å². The molecule has 2 atom stereocenters. The maximum absolute atomic E-state index is 14.4. The second kappa shape index (κ2) is 10.3. The topological polar surface area (TPSA) is 80.8 Å². The minimum Gasteiger partial charge on any atom is -0.493 e. The van der Waals surface area contributed by atoms with Crippen molar-refractivity contribution in [3.05, 3.63) is 82.4 Å². The zero-order chi connectivity index (χ0) is 28.1. The maximum Gasteiger partial charge on any atom is 0.254 e. The van der Waals surface area contributed by atoms with Gasteiger partial charge in [0.15, 0.2) is 23.0 Å². The van der Waals surface area contributed by atoms with E-state index in [0.717, 1.165) is 53.4 Å². The van der Waals surface area contributed by atoms with Crippen LogP contribution in [0.5, 0.6) is 23.0 Å². The number of benzene rings is 3. The molecule has 3 aromatic carbocycles. The summed E-state index contributed by atoms with van der Waals surface area (Å²) in [5, 5.41) is 0. The molecule has 3 aromatic rings. The molecule has 0 aliphatic carbocycles. The number of hydrogen-bond donors (Lipinski definition) is 0. The molecule has 7 rings (SSSR count). The Morgan fingerprint density at radius 1 is 0.878 bits per heavy atom. The van der Waals surface area contributed by atoms with E-state index in [2.05, 4.69) is 11.0 Å². The van der Waals surface area contributed by atoms with Crippen LogP contribution in [0.3, 0.4) is 0 Å². The summed E-state index contributed by atoms with van der Waals surface area (Å²) in [7, 11) is 3.23. The van der Waals surface area contributed by atoms with Gasteiger partial charge in [0.2, 0.25) is 12.7 Å². The lowest BCUT2D eigenvalue weighted by molar-refractivity contribution is -0.136. The Morgan fingerprint density at radius 3 is 2.44 bits per heavy atom. The van der Waals surface area contributed by atoms with E-state index >= 15 is 0 Å². The molecular formula is C32H33N3O6. The molecule has 0 bridgehead atoms. The fraction of sp³-hybridized carbons (Fsp3) is 0.375. The number of carbonyl (C=O) groups excluding carboxylic acids is 2. The summed E-state index contributed by atoms with van der Waals surface area (Å²) < 4.78 is 22.2. The Balaban J connectivity index is 1.17. The molecule has 4 aliphatic heterocycles. The first-order valence-corrected chi connectivity index (χ1v) is 14.1. The normalized spacial score (nSPS) is 21.2. The highest BCUT2D eigenvalue weighted by Crippen LogP contribution is 2.49. The molecule has 0 unspecified atom stereocenters. The second-order valence-corrected chi connectivity index (χ2v) is 11.0. The average molecular weight is 556 g/mol. The summed E-state index contributed by atoms with van der Waals surface area (Å²) in [6, 6.07) is 17.2. The third-order valence-electron chi connectivity index (χ3n) is 8.82. The van der Waals surface area contributed by atoms with Crippen LogP contribution in [0, 0.1) is 0 Å². The molecule has 41 heavy (non-hydrogen) atoms. The van der Waals surface area contributed by atoms with Crippen LogP contribution in [0.2, 0.25) is 0 Å². The predicted octanol–water partition coefficient (Wildman–Crippen LogP) is 3.61. The molecule has 0 N–H and O–H groups in total. The number of ether oxygens (including phenoxy) is 4. The van der Waals surface area contributed by atoms with Crippen molar-refractivity contribution in [2.24, 2.45) is 0 Å². The third kappa shape index (κ3) is 4.35. The number of fused-ring (bicyclic) bond motifs is 5. The van der Waals surface area contributed by atoms with Crippen LogP contribution in [0.15, 0.2) is 54.6 Å². The van der Waals surface area contributed by atoms with Gasteiger partial charge in [-0.25, -0.2) is 0 Å². The Labute approximate surface area is 239 Å². The van der Waals surface area contributed by atoms with E-state index in [0.29, 0.717) is 43.1 Å². The molecule has 9 heteroatoms. The highest BCUT2D eigenvalue weighted by molar-refractivity contribution is 6.01. The molecular weight excluding hydrogens is 522 g/mol. The molecule has 4 aliphatic rings. The Kier molecular flexibility index (Phi) is 6.46. The van der Waals surface area contributed by atoms with Gasteiger partial charge in [-0.15, -0.1) is 0 Å². The monoisotopic (exact) mass is 555 g/mol. The quantitative estimate of drug-likeness (QED) is 0.476. The van der Waals surface area contributed by atoms with E-state index in [4.69, 9.17) is 18.9 Å². The number of amides is 2. The Hall–Kier alpha value is -4.24. The fourth-order valence-electron chi connectivity index (χ4n) is 6.74. The van der Waals surface area contributed by atoms with E-state index in [1.165, 1.54) is 0 Å². The molecule has 0 aromatic heterocycles. The summed E-state index contributed by atoms with van der Waals surface area (Å²) in [5.41, 5.74) is 4.62. The minimum atomic E-state index is -0.499. The van der Waals surface area contributed by atoms with E-state index < -0.39 is 12.0 Å². The molecule has 1 saturated heterocycles. The van der Waals surface area contributed by atoms with E-state index in [9.17, 15) is 9.59 Å². The molecule has 0 spiro atoms. The van der Waals surface area contributed by atoms with Crippen LogP contribution < -0.4 is 18.9 Å². The van der Waals surface area contributed by atoms with Crippen LogP contribution >= 0.6 is 0 Å². The first-order valence-electron chi connectivity index (χ1n) is 14.1. The van der Waals surface area contributed by atoms with Gasteiger partial charge < -0.3 is 28.7 Å². The van der Waals surface area contributed by atoms with Crippen molar-refractivity contribution < 1.29 is 28.5 Å². The van der Waals surface area contributed by atoms with Crippen LogP contribution in [-0.2, 0) is 17.8 Å². The van der Waals surface area contributed by atoms with Crippen molar-refractivity contribution >= 4 is 11.8 Å². The number of piperazine rings is 1. The maximum atomic E-state index is 14.4. The minimum absolute atomic E-state index is 0.0244. The average Bonchev–Trinajstić information content (AvgIpc) is 3.48. The number of rotatable bonds is 5. The van der Waals surface area contributed by atoms with Gasteiger partial charge >= 0.3 is 0 Å². The molecule has 0 radical (unpaired) electrons.